The second-order valence-electron chi connectivity index (χ2n) is 10.4. The average Bonchev–Trinajstić information content (AvgIpc) is 3.01. The number of benzene rings is 1. The summed E-state index contributed by atoms with van der Waals surface area (Å²) in [6.07, 6.45) is 1.76. The number of Topliss-reactive ketones (excluding diaryl/α,β-unsaturated/α-hetero) is 1. The maximum Gasteiger partial charge on any atom is 0.182 e. The number of nitrogens with one attached hydrogen (secondary N) is 1. The van der Waals surface area contributed by atoms with E-state index in [1.807, 2.05) is 29.2 Å². The lowest BCUT2D eigenvalue weighted by molar-refractivity contribution is 0.0962. The molecule has 1 aromatic heterocycles. The summed E-state index contributed by atoms with van der Waals surface area (Å²) in [7, 11) is 0. The highest BCUT2D eigenvalue weighted by atomic mass is 16.5. The Morgan fingerprint density at radius 1 is 1.26 bits per heavy atom. The molecule has 2 aromatic rings. The number of carbonyl (C=O) groups is 1. The molecule has 3 heterocycles. The molecule has 0 saturated heterocycles. The highest BCUT2D eigenvalue weighted by molar-refractivity contribution is 6.04. The monoisotopic (exact) mass is 419 g/mol. The van der Waals surface area contributed by atoms with Gasteiger partial charge in [0.1, 0.15) is 17.3 Å². The van der Waals surface area contributed by atoms with Crippen molar-refractivity contribution in [2.24, 2.45) is 0 Å². The summed E-state index contributed by atoms with van der Waals surface area (Å²) in [5.74, 6) is 1.32. The number of nitrogens with zero attached hydrogens (tertiary/aromatic N) is 2. The third kappa shape index (κ3) is 3.86. The van der Waals surface area contributed by atoms with E-state index in [0.29, 0.717) is 30.2 Å². The number of hydrogen-bond donors (Lipinski definition) is 1. The molecular weight excluding hydrogens is 386 g/mol. The van der Waals surface area contributed by atoms with Crippen molar-refractivity contribution >= 4 is 11.6 Å². The fraction of sp³-hybridized carbons (Fsp3) is 0.500. The fourth-order valence-electron chi connectivity index (χ4n) is 4.44. The van der Waals surface area contributed by atoms with Crippen molar-refractivity contribution < 1.29 is 9.53 Å². The van der Waals surface area contributed by atoms with Crippen molar-refractivity contribution in [1.82, 2.24) is 9.88 Å². The first-order valence-electron chi connectivity index (χ1n) is 11.2. The molecule has 4 rings (SSSR count). The van der Waals surface area contributed by atoms with E-state index in [4.69, 9.17) is 10.1 Å². The second kappa shape index (κ2) is 7.47. The summed E-state index contributed by atoms with van der Waals surface area (Å²) in [5.41, 5.74) is 5.43. The maximum atomic E-state index is 13.4. The van der Waals surface area contributed by atoms with Crippen LogP contribution < -0.4 is 4.74 Å². The summed E-state index contributed by atoms with van der Waals surface area (Å²) in [6.45, 7) is 14.4. The summed E-state index contributed by atoms with van der Waals surface area (Å²) in [4.78, 5) is 19.8. The number of hydrogen-bond acceptors (Lipinski definition) is 4. The van der Waals surface area contributed by atoms with Crippen LogP contribution in [0.2, 0.25) is 0 Å². The minimum atomic E-state index is -0.134. The first kappa shape index (κ1) is 21.5. The lowest BCUT2D eigenvalue weighted by Gasteiger charge is -2.36. The maximum absolute atomic E-state index is 13.4. The zero-order chi connectivity index (χ0) is 22.6. The van der Waals surface area contributed by atoms with Gasteiger partial charge in [-0.25, -0.2) is 4.98 Å². The van der Waals surface area contributed by atoms with Gasteiger partial charge >= 0.3 is 0 Å². The van der Waals surface area contributed by atoms with Crippen LogP contribution >= 0.6 is 0 Å². The van der Waals surface area contributed by atoms with E-state index in [1.165, 1.54) is 0 Å². The Bertz CT molecular complexity index is 1050. The van der Waals surface area contributed by atoms with E-state index in [2.05, 4.69) is 46.5 Å². The standard InChI is InChI=1S/C26H33N3O2/c1-7-18-9-8-16-14-29(24(27)22(16)28-18)15-21(30)17-12-19(25(2,3)4)23-20(13-17)26(5,6)10-11-31-23/h8-9,12-13,27H,7,10-11,14-15H2,1-6H3. The van der Waals surface area contributed by atoms with Gasteiger partial charge in [0.15, 0.2) is 5.78 Å². The SMILES string of the molecule is CCc1ccc2c(n1)C(=N)N(CC(=O)c1cc(C(C)(C)C)c3c(c1)C(C)(C)CCO3)C2. The van der Waals surface area contributed by atoms with Gasteiger partial charge in [0.2, 0.25) is 0 Å². The molecule has 0 unspecified atom stereocenters. The topological polar surface area (TPSA) is 66.3 Å². The highest BCUT2D eigenvalue weighted by Crippen LogP contribution is 2.44. The third-order valence-corrected chi connectivity index (χ3v) is 6.56. The van der Waals surface area contributed by atoms with Crippen molar-refractivity contribution in [2.75, 3.05) is 13.2 Å². The normalized spacial score (nSPS) is 17.2. The number of pyridine rings is 1. The molecule has 0 bridgehead atoms. The average molecular weight is 420 g/mol. The number of aryl methyl sites for hydroxylation is 1. The van der Waals surface area contributed by atoms with Crippen molar-refractivity contribution in [2.45, 2.75) is 71.8 Å². The molecule has 0 fully saturated rings. The molecule has 0 amide bonds. The van der Waals surface area contributed by atoms with E-state index in [-0.39, 0.29) is 23.2 Å². The molecular formula is C26H33N3O2. The Morgan fingerprint density at radius 2 is 2.00 bits per heavy atom. The van der Waals surface area contributed by atoms with Gasteiger partial charge in [-0.3, -0.25) is 10.2 Å². The van der Waals surface area contributed by atoms with Crippen LogP contribution in [-0.2, 0) is 23.8 Å². The number of fused-ring (bicyclic) bond motifs is 2. The number of amidine groups is 1. The van der Waals surface area contributed by atoms with E-state index in [9.17, 15) is 4.79 Å². The first-order valence-corrected chi connectivity index (χ1v) is 11.2. The fourth-order valence-corrected chi connectivity index (χ4v) is 4.44. The van der Waals surface area contributed by atoms with Gasteiger partial charge < -0.3 is 9.64 Å². The number of ketones is 1. The largest absolute Gasteiger partial charge is 0.493 e. The molecule has 0 radical (unpaired) electrons. The van der Waals surface area contributed by atoms with Crippen LogP contribution in [0.4, 0.5) is 0 Å². The molecule has 0 atom stereocenters. The quantitative estimate of drug-likeness (QED) is 0.706. The van der Waals surface area contributed by atoms with E-state index in [0.717, 1.165) is 41.0 Å². The summed E-state index contributed by atoms with van der Waals surface area (Å²) in [6, 6.07) is 8.07. The van der Waals surface area contributed by atoms with Crippen LogP contribution in [0, 0.1) is 5.41 Å². The zero-order valence-corrected chi connectivity index (χ0v) is 19.6. The third-order valence-electron chi connectivity index (χ3n) is 6.56. The predicted octanol–water partition coefficient (Wildman–Crippen LogP) is 5.03. The van der Waals surface area contributed by atoms with Crippen LogP contribution in [0.3, 0.4) is 0 Å². The Labute approximate surface area is 185 Å². The first-order chi connectivity index (χ1) is 14.5. The lowest BCUT2D eigenvalue weighted by Crippen LogP contribution is -2.32. The van der Waals surface area contributed by atoms with Crippen molar-refractivity contribution in [1.29, 1.82) is 5.41 Å². The van der Waals surface area contributed by atoms with Gasteiger partial charge in [-0.15, -0.1) is 0 Å². The molecule has 0 aliphatic carbocycles. The Hall–Kier alpha value is -2.69. The van der Waals surface area contributed by atoms with Crippen LogP contribution in [0.1, 0.15) is 86.4 Å². The van der Waals surface area contributed by atoms with E-state index >= 15 is 0 Å². The van der Waals surface area contributed by atoms with Gasteiger partial charge in [0, 0.05) is 34.5 Å². The predicted molar refractivity (Wildman–Crippen MR) is 123 cm³/mol. The number of rotatable bonds is 4. The van der Waals surface area contributed by atoms with Crippen molar-refractivity contribution in [3.05, 3.63) is 57.9 Å². The zero-order valence-electron chi connectivity index (χ0n) is 19.6. The number of carbonyl (C=O) groups excluding carboxylic acids is 1. The van der Waals surface area contributed by atoms with Crippen molar-refractivity contribution in [3.63, 3.8) is 0 Å². The summed E-state index contributed by atoms with van der Waals surface area (Å²) in [5, 5.41) is 8.56. The molecule has 5 nitrogen and oxygen atoms in total. The minimum Gasteiger partial charge on any atom is -0.493 e. The number of aromatic nitrogens is 1. The summed E-state index contributed by atoms with van der Waals surface area (Å²) < 4.78 is 6.10. The van der Waals surface area contributed by atoms with Crippen LogP contribution in [0.25, 0.3) is 0 Å². The Kier molecular flexibility index (Phi) is 5.19. The second-order valence-corrected chi connectivity index (χ2v) is 10.4. The molecule has 2 aliphatic heterocycles. The van der Waals surface area contributed by atoms with Crippen molar-refractivity contribution in [3.8, 4) is 5.75 Å². The molecule has 2 aliphatic rings. The molecule has 0 spiro atoms. The molecule has 1 aromatic carbocycles. The molecule has 5 heteroatoms. The van der Waals surface area contributed by atoms with E-state index < -0.39 is 0 Å². The van der Waals surface area contributed by atoms with Crippen LogP contribution in [0.5, 0.6) is 5.75 Å². The van der Waals surface area contributed by atoms with Gasteiger partial charge in [-0.05, 0) is 41.9 Å². The molecule has 1 N–H and O–H groups in total. The summed E-state index contributed by atoms with van der Waals surface area (Å²) >= 11 is 0. The Morgan fingerprint density at radius 3 is 2.68 bits per heavy atom. The van der Waals surface area contributed by atoms with Gasteiger partial charge in [0.05, 0.1) is 13.2 Å². The van der Waals surface area contributed by atoms with E-state index in [1.54, 1.807) is 0 Å². The molecule has 31 heavy (non-hydrogen) atoms. The van der Waals surface area contributed by atoms with Gasteiger partial charge in [-0.1, -0.05) is 47.6 Å². The van der Waals surface area contributed by atoms with Gasteiger partial charge in [-0.2, -0.15) is 0 Å². The minimum absolute atomic E-state index is 0.0305. The van der Waals surface area contributed by atoms with Gasteiger partial charge in [0.25, 0.3) is 0 Å². The highest BCUT2D eigenvalue weighted by Gasteiger charge is 2.35. The lowest BCUT2D eigenvalue weighted by atomic mass is 9.74. The smallest absolute Gasteiger partial charge is 0.182 e. The molecule has 0 saturated carbocycles. The Balaban J connectivity index is 1.66. The molecule has 164 valence electrons. The van der Waals surface area contributed by atoms with Crippen LogP contribution in [-0.4, -0.2) is 34.7 Å². The number of ether oxygens (including phenoxy) is 1. The van der Waals surface area contributed by atoms with Crippen LogP contribution in [0.15, 0.2) is 24.3 Å².